The van der Waals surface area contributed by atoms with E-state index in [1.165, 1.54) is 37.4 Å². The van der Waals surface area contributed by atoms with Crippen LogP contribution in [0.5, 0.6) is 0 Å². The first-order valence-corrected chi connectivity index (χ1v) is 16.9. The molecular weight excluding hydrogens is 551 g/mol. The van der Waals surface area contributed by atoms with Gasteiger partial charge in [-0.1, -0.05) is 140 Å². The van der Waals surface area contributed by atoms with E-state index in [2.05, 4.69) is 168 Å². The van der Waals surface area contributed by atoms with E-state index in [-0.39, 0.29) is 0 Å². The van der Waals surface area contributed by atoms with Gasteiger partial charge in [0, 0.05) is 27.3 Å². The second kappa shape index (κ2) is 10.9. The third-order valence-electron chi connectivity index (χ3n) is 8.65. The van der Waals surface area contributed by atoms with Crippen LogP contribution < -0.4 is 20.9 Å². The zero-order valence-corrected chi connectivity index (χ0v) is 25.1. The second-order valence-corrected chi connectivity index (χ2v) is 14.8. The van der Waals surface area contributed by atoms with E-state index in [0.29, 0.717) is 0 Å². The lowest BCUT2D eigenvalue weighted by molar-refractivity contribution is 1.18. The Morgan fingerprint density at radius 3 is 1.68 bits per heavy atom. The van der Waals surface area contributed by atoms with Gasteiger partial charge in [0.1, 0.15) is 6.33 Å². The molecule has 4 heteroatoms. The SMILES string of the molecule is c1ccc(-c2cc([Si](c3ccccc3)(c3ccccc3)c3ccc4c(c3)c3ccccc3n4-c3ccccc3)ncn2)cc1. The number of fused-ring (bicyclic) bond motifs is 3. The summed E-state index contributed by atoms with van der Waals surface area (Å²) in [5, 5.41) is 7.41. The molecule has 0 bridgehead atoms. The average Bonchev–Trinajstić information content (AvgIpc) is 3.44. The lowest BCUT2D eigenvalue weighted by atomic mass is 10.1. The van der Waals surface area contributed by atoms with Crippen molar-refractivity contribution in [3.63, 3.8) is 0 Å². The third-order valence-corrected chi connectivity index (χ3v) is 13.3. The molecule has 0 saturated heterocycles. The summed E-state index contributed by atoms with van der Waals surface area (Å²) >= 11 is 0. The Kier molecular flexibility index (Phi) is 6.47. The molecule has 2 aromatic heterocycles. The van der Waals surface area contributed by atoms with Crippen molar-refractivity contribution in [1.29, 1.82) is 0 Å². The van der Waals surface area contributed by atoms with Gasteiger partial charge in [0.05, 0.1) is 16.7 Å². The zero-order valence-electron chi connectivity index (χ0n) is 24.1. The van der Waals surface area contributed by atoms with Gasteiger partial charge in [0.2, 0.25) is 8.07 Å². The molecule has 6 aromatic carbocycles. The molecule has 208 valence electrons. The van der Waals surface area contributed by atoms with Gasteiger partial charge in [-0.2, -0.15) is 0 Å². The van der Waals surface area contributed by atoms with Crippen LogP contribution in [0.1, 0.15) is 0 Å². The quantitative estimate of drug-likeness (QED) is 0.164. The highest BCUT2D eigenvalue weighted by Crippen LogP contribution is 2.32. The lowest BCUT2D eigenvalue weighted by Gasteiger charge is -2.33. The number of hydrogen-bond donors (Lipinski definition) is 0. The van der Waals surface area contributed by atoms with Gasteiger partial charge in [-0.05, 0) is 45.9 Å². The van der Waals surface area contributed by atoms with E-state index in [0.717, 1.165) is 22.3 Å². The molecular formula is C40H29N3Si. The van der Waals surface area contributed by atoms with Gasteiger partial charge >= 0.3 is 0 Å². The summed E-state index contributed by atoms with van der Waals surface area (Å²) in [5.74, 6) is 0. The average molecular weight is 580 g/mol. The molecule has 44 heavy (non-hydrogen) atoms. The van der Waals surface area contributed by atoms with Crippen LogP contribution in [0.3, 0.4) is 0 Å². The predicted molar refractivity (Wildman–Crippen MR) is 185 cm³/mol. The molecule has 0 saturated carbocycles. The fraction of sp³-hybridized carbons (Fsp3) is 0. The minimum absolute atomic E-state index is 0.932. The van der Waals surface area contributed by atoms with Crippen molar-refractivity contribution in [2.24, 2.45) is 0 Å². The molecule has 0 amide bonds. The molecule has 0 spiro atoms. The standard InChI is InChI=1S/C40H29N3Si/c1-5-15-30(16-6-1)37-28-40(42-29-41-37)44(32-19-9-3-10-20-32,33-21-11-4-12-22-33)34-25-26-39-36(27-34)35-23-13-14-24-38(35)43(39)31-17-7-2-8-18-31/h1-29H. The summed E-state index contributed by atoms with van der Waals surface area (Å²) in [4.78, 5) is 9.85. The molecule has 0 fully saturated rings. The molecule has 0 aliphatic rings. The largest absolute Gasteiger partial charge is 0.309 e. The topological polar surface area (TPSA) is 30.7 Å². The first-order chi connectivity index (χ1) is 21.8. The molecule has 0 unspecified atom stereocenters. The van der Waals surface area contributed by atoms with Crippen molar-refractivity contribution in [1.82, 2.24) is 14.5 Å². The number of aromatic nitrogens is 3. The molecule has 0 atom stereocenters. The second-order valence-electron chi connectivity index (χ2n) is 11.1. The van der Waals surface area contributed by atoms with Crippen molar-refractivity contribution in [3.05, 3.63) is 176 Å². The Balaban J connectivity index is 1.48. The van der Waals surface area contributed by atoms with E-state index in [1.54, 1.807) is 6.33 Å². The monoisotopic (exact) mass is 579 g/mol. The minimum Gasteiger partial charge on any atom is -0.309 e. The van der Waals surface area contributed by atoms with E-state index < -0.39 is 8.07 Å². The Labute approximate surface area is 257 Å². The highest BCUT2D eigenvalue weighted by molar-refractivity contribution is 7.19. The smallest absolute Gasteiger partial charge is 0.202 e. The van der Waals surface area contributed by atoms with Gasteiger partial charge < -0.3 is 4.57 Å². The molecule has 0 N–H and O–H groups in total. The third kappa shape index (κ3) is 4.19. The van der Waals surface area contributed by atoms with Gasteiger partial charge in [-0.15, -0.1) is 0 Å². The Morgan fingerprint density at radius 1 is 0.432 bits per heavy atom. The van der Waals surface area contributed by atoms with Crippen LogP contribution in [0.15, 0.2) is 176 Å². The summed E-state index contributed by atoms with van der Waals surface area (Å²) < 4.78 is 2.38. The summed E-state index contributed by atoms with van der Waals surface area (Å²) in [6, 6.07) is 61.0. The minimum atomic E-state index is -2.90. The first-order valence-electron chi connectivity index (χ1n) is 14.9. The highest BCUT2D eigenvalue weighted by atomic mass is 28.3. The van der Waals surface area contributed by atoms with E-state index >= 15 is 0 Å². The molecule has 0 aliphatic carbocycles. The van der Waals surface area contributed by atoms with Crippen molar-refractivity contribution in [2.75, 3.05) is 0 Å². The van der Waals surface area contributed by atoms with Gasteiger partial charge in [-0.3, -0.25) is 0 Å². The van der Waals surface area contributed by atoms with Gasteiger partial charge in [-0.25, -0.2) is 9.97 Å². The van der Waals surface area contributed by atoms with Crippen molar-refractivity contribution in [2.45, 2.75) is 0 Å². The number of benzene rings is 6. The maximum atomic E-state index is 5.11. The fourth-order valence-electron chi connectivity index (χ4n) is 6.71. The maximum Gasteiger partial charge on any atom is 0.202 e. The highest BCUT2D eigenvalue weighted by Gasteiger charge is 2.43. The Morgan fingerprint density at radius 2 is 1.00 bits per heavy atom. The predicted octanol–water partition coefficient (Wildman–Crippen LogP) is 6.62. The van der Waals surface area contributed by atoms with E-state index in [9.17, 15) is 0 Å². The van der Waals surface area contributed by atoms with Crippen LogP contribution in [0.25, 0.3) is 38.8 Å². The number of hydrogen-bond acceptors (Lipinski definition) is 2. The molecule has 0 aliphatic heterocycles. The molecule has 0 radical (unpaired) electrons. The fourth-order valence-corrected chi connectivity index (χ4v) is 11.3. The number of rotatable bonds is 6. The van der Waals surface area contributed by atoms with Gasteiger partial charge in [0.25, 0.3) is 0 Å². The summed E-state index contributed by atoms with van der Waals surface area (Å²) in [7, 11) is -2.90. The van der Waals surface area contributed by atoms with Crippen LogP contribution in [-0.4, -0.2) is 22.6 Å². The summed E-state index contributed by atoms with van der Waals surface area (Å²) in [5.41, 5.74) is 5.57. The first kappa shape index (κ1) is 26.1. The van der Waals surface area contributed by atoms with Crippen molar-refractivity contribution < 1.29 is 0 Å². The van der Waals surface area contributed by atoms with Gasteiger partial charge in [0.15, 0.2) is 0 Å². The molecule has 8 aromatic rings. The normalized spacial score (nSPS) is 11.6. The summed E-state index contributed by atoms with van der Waals surface area (Å²) in [6.07, 6.45) is 1.74. The Hall–Kier alpha value is -5.58. The van der Waals surface area contributed by atoms with Crippen LogP contribution in [0.4, 0.5) is 0 Å². The Bertz CT molecular complexity index is 2170. The van der Waals surface area contributed by atoms with Crippen LogP contribution >= 0.6 is 0 Å². The summed E-state index contributed by atoms with van der Waals surface area (Å²) in [6.45, 7) is 0. The number of para-hydroxylation sites is 2. The van der Waals surface area contributed by atoms with Crippen molar-refractivity contribution in [3.8, 4) is 16.9 Å². The molecule has 2 heterocycles. The molecule has 8 rings (SSSR count). The van der Waals surface area contributed by atoms with Crippen LogP contribution in [0.2, 0.25) is 0 Å². The van der Waals surface area contributed by atoms with Crippen molar-refractivity contribution >= 4 is 50.8 Å². The maximum absolute atomic E-state index is 5.11. The van der Waals surface area contributed by atoms with Crippen LogP contribution in [0, 0.1) is 0 Å². The van der Waals surface area contributed by atoms with Crippen LogP contribution in [-0.2, 0) is 0 Å². The lowest BCUT2D eigenvalue weighted by Crippen LogP contribution is -2.75. The van der Waals surface area contributed by atoms with E-state index in [4.69, 9.17) is 9.97 Å². The zero-order chi connectivity index (χ0) is 29.3. The molecule has 3 nitrogen and oxygen atoms in total. The van der Waals surface area contributed by atoms with E-state index in [1.807, 2.05) is 6.07 Å². The number of nitrogens with zero attached hydrogens (tertiary/aromatic N) is 3.